The molecule has 0 heterocycles. The Hall–Kier alpha value is 1.30. The van der Waals surface area contributed by atoms with E-state index in [9.17, 15) is 0 Å². The average Bonchev–Trinajstić information content (AvgIpc) is 0.722. The average molecular weight is 235 g/mol. The minimum atomic E-state index is -5.14. The van der Waals surface area contributed by atoms with E-state index in [4.69, 9.17) is 19.2 Å². The van der Waals surface area contributed by atoms with Crippen molar-refractivity contribution in [3.05, 3.63) is 0 Å². The van der Waals surface area contributed by atoms with Gasteiger partial charge in [0, 0.05) is 0 Å². The van der Waals surface area contributed by atoms with Gasteiger partial charge in [-0.15, -0.1) is 0 Å². The fourth-order valence-corrected chi connectivity index (χ4v) is 0. The molecule has 33 valence electrons. The van der Waals surface area contributed by atoms with Gasteiger partial charge >= 0.3 is 35.6 Å². The van der Waals surface area contributed by atoms with Crippen molar-refractivity contribution in [1.29, 1.82) is 0 Å². The molecule has 0 rings (SSSR count). The van der Waals surface area contributed by atoms with Crippen molar-refractivity contribution in [2.75, 3.05) is 0 Å². The molecule has 0 bridgehead atoms. The van der Waals surface area contributed by atoms with Crippen LogP contribution in [0.3, 0.4) is 0 Å². The molecule has 1 radical (unpaired) electrons. The van der Waals surface area contributed by atoms with Gasteiger partial charge in [0.25, 0.3) is 0 Å². The maximum atomic E-state index is 8.66. The Balaban J connectivity index is 0. The SMILES string of the molecule is O=P([O-])([O-])O.[La+2]. The van der Waals surface area contributed by atoms with Gasteiger partial charge in [-0.2, -0.15) is 0 Å². The van der Waals surface area contributed by atoms with Gasteiger partial charge in [-0.3, -0.25) is 0 Å². The summed E-state index contributed by atoms with van der Waals surface area (Å²) in [5.74, 6) is 0. The zero-order valence-corrected chi connectivity index (χ0v) is 7.22. The zero-order valence-electron chi connectivity index (χ0n) is 2.70. The van der Waals surface area contributed by atoms with E-state index >= 15 is 0 Å². The fourth-order valence-electron chi connectivity index (χ4n) is 0. The van der Waals surface area contributed by atoms with Crippen LogP contribution in [0.5, 0.6) is 0 Å². The van der Waals surface area contributed by atoms with Crippen LogP contribution in [0, 0.1) is 35.6 Å². The Kier molecular flexibility index (Phi) is 5.72. The molecular weight excluding hydrogens is 234 g/mol. The van der Waals surface area contributed by atoms with Gasteiger partial charge in [0.2, 0.25) is 0 Å². The first-order valence-corrected chi connectivity index (χ1v) is 2.24. The molecule has 0 aromatic carbocycles. The molecule has 0 saturated carbocycles. The first-order valence-electron chi connectivity index (χ1n) is 0.748. The van der Waals surface area contributed by atoms with Gasteiger partial charge in [-0.25, -0.2) is 0 Å². The predicted octanol–water partition coefficient (Wildman–Crippen LogP) is -2.19. The van der Waals surface area contributed by atoms with Crippen LogP contribution < -0.4 is 9.79 Å². The van der Waals surface area contributed by atoms with Crippen molar-refractivity contribution in [2.45, 2.75) is 0 Å². The second-order valence-corrected chi connectivity index (χ2v) is 1.41. The molecule has 0 aliphatic rings. The van der Waals surface area contributed by atoms with Gasteiger partial charge in [-0.1, -0.05) is 0 Å². The van der Waals surface area contributed by atoms with E-state index in [0.29, 0.717) is 0 Å². The molecule has 4 nitrogen and oxygen atoms in total. The zero-order chi connectivity index (χ0) is 4.50. The second-order valence-electron chi connectivity index (χ2n) is 0.469. The van der Waals surface area contributed by atoms with Crippen LogP contribution in [0.2, 0.25) is 0 Å². The smallest absolute Gasteiger partial charge is 0.790 e. The minimum Gasteiger partial charge on any atom is -0.790 e. The molecule has 0 atom stereocenters. The molecule has 0 aromatic rings. The van der Waals surface area contributed by atoms with E-state index in [1.54, 1.807) is 0 Å². The van der Waals surface area contributed by atoms with Crippen molar-refractivity contribution in [1.82, 2.24) is 0 Å². The van der Waals surface area contributed by atoms with Crippen molar-refractivity contribution in [2.24, 2.45) is 0 Å². The van der Waals surface area contributed by atoms with Gasteiger partial charge in [0.1, 0.15) is 0 Å². The molecule has 0 fully saturated rings. The van der Waals surface area contributed by atoms with Crippen LogP contribution in [0.4, 0.5) is 0 Å². The molecule has 1 N–H and O–H groups in total. The fraction of sp³-hybridized carbons (Fsp3) is 0. The van der Waals surface area contributed by atoms with Crippen molar-refractivity contribution >= 4 is 7.82 Å². The summed E-state index contributed by atoms with van der Waals surface area (Å²) in [5.41, 5.74) is 0. The molecule has 0 amide bonds. The summed E-state index contributed by atoms with van der Waals surface area (Å²) in [6.45, 7) is 0. The third-order valence-electron chi connectivity index (χ3n) is 0. The van der Waals surface area contributed by atoms with E-state index in [2.05, 4.69) is 0 Å². The molecule has 0 aliphatic heterocycles. The number of hydrogen-bond donors (Lipinski definition) is 1. The summed E-state index contributed by atoms with van der Waals surface area (Å²) in [4.78, 5) is 24.3. The van der Waals surface area contributed by atoms with Crippen LogP contribution in [-0.2, 0) is 4.57 Å². The van der Waals surface area contributed by atoms with Crippen molar-refractivity contribution in [3.8, 4) is 0 Å². The Morgan fingerprint density at radius 1 is 1.50 bits per heavy atom. The number of hydrogen-bond acceptors (Lipinski definition) is 3. The Morgan fingerprint density at radius 3 is 1.50 bits per heavy atom. The maximum Gasteiger partial charge on any atom is 2.00 e. The largest absolute Gasteiger partial charge is 2.00 e. The van der Waals surface area contributed by atoms with E-state index in [-0.39, 0.29) is 35.6 Å². The summed E-state index contributed by atoms with van der Waals surface area (Å²) in [7, 11) is -5.14. The Labute approximate surface area is 62.4 Å². The van der Waals surface area contributed by atoms with Crippen LogP contribution >= 0.6 is 7.82 Å². The topological polar surface area (TPSA) is 83.4 Å². The summed E-state index contributed by atoms with van der Waals surface area (Å²) < 4.78 is 8.66. The van der Waals surface area contributed by atoms with Gasteiger partial charge in [-0.05, 0) is 0 Å². The molecule has 0 saturated heterocycles. The summed E-state index contributed by atoms with van der Waals surface area (Å²) in [6, 6.07) is 0. The first kappa shape index (κ1) is 10.3. The molecule has 6 heavy (non-hydrogen) atoms. The maximum absolute atomic E-state index is 8.66. The van der Waals surface area contributed by atoms with E-state index in [1.807, 2.05) is 0 Å². The number of rotatable bonds is 0. The number of phosphoric acid groups is 1. The van der Waals surface area contributed by atoms with Crippen molar-refractivity contribution in [3.63, 3.8) is 0 Å². The van der Waals surface area contributed by atoms with E-state index in [1.165, 1.54) is 0 Å². The van der Waals surface area contributed by atoms with Crippen LogP contribution in [0.15, 0.2) is 0 Å². The summed E-state index contributed by atoms with van der Waals surface area (Å²) >= 11 is 0. The third-order valence-corrected chi connectivity index (χ3v) is 0. The summed E-state index contributed by atoms with van der Waals surface area (Å²) in [5, 5.41) is 0. The molecule has 0 aromatic heterocycles. The predicted molar refractivity (Wildman–Crippen MR) is 9.83 cm³/mol. The molecule has 6 heteroatoms. The van der Waals surface area contributed by atoms with Gasteiger partial charge < -0.3 is 19.2 Å². The molecule has 0 aliphatic carbocycles. The molecule has 0 spiro atoms. The quantitative estimate of drug-likeness (QED) is 0.483. The summed E-state index contributed by atoms with van der Waals surface area (Å²) in [6.07, 6.45) is 0. The minimum absolute atomic E-state index is 0. The van der Waals surface area contributed by atoms with Crippen molar-refractivity contribution < 1.29 is 54.8 Å². The van der Waals surface area contributed by atoms with Gasteiger partial charge in [0.15, 0.2) is 0 Å². The van der Waals surface area contributed by atoms with Gasteiger partial charge in [0.05, 0.1) is 7.82 Å². The second kappa shape index (κ2) is 3.33. The Bertz CT molecular complexity index is 53.7. The van der Waals surface area contributed by atoms with Crippen LogP contribution in [0.25, 0.3) is 0 Å². The standard InChI is InChI=1S/La.H3O4P/c;1-5(2,3)4/h;(H3,1,2,3,4)/q+2;/p-2. The normalized spacial score (nSPS) is 9.83. The monoisotopic (exact) mass is 235 g/mol. The third kappa shape index (κ3) is 57.7. The first-order chi connectivity index (χ1) is 2.00. The van der Waals surface area contributed by atoms with Crippen LogP contribution in [0.1, 0.15) is 0 Å². The van der Waals surface area contributed by atoms with Crippen LogP contribution in [-0.4, -0.2) is 4.89 Å². The molecule has 0 unspecified atom stereocenters. The van der Waals surface area contributed by atoms with E-state index in [0.717, 1.165) is 0 Å². The van der Waals surface area contributed by atoms with E-state index < -0.39 is 7.82 Å². The molecular formula is HLaO4P. The Morgan fingerprint density at radius 2 is 1.50 bits per heavy atom.